The van der Waals surface area contributed by atoms with Crippen LogP contribution in [0.4, 0.5) is 5.69 Å². The van der Waals surface area contributed by atoms with Gasteiger partial charge in [0.25, 0.3) is 5.91 Å². The number of Topliss-reactive ketones (excluding diaryl/α,β-unsaturated/α-hetero) is 1. The first kappa shape index (κ1) is 17.5. The normalized spacial score (nSPS) is 12.0. The molecule has 2 heterocycles. The molecule has 1 amide bonds. The fraction of sp³-hybridized carbons (Fsp3) is 0.158. The lowest BCUT2D eigenvalue weighted by Crippen LogP contribution is -2.22. The largest absolute Gasteiger partial charge is 0.454 e. The average molecular weight is 381 g/mol. The first-order chi connectivity index (χ1) is 13.5. The summed E-state index contributed by atoms with van der Waals surface area (Å²) in [5.41, 5.74) is 1.51. The number of nitrogens with one attached hydrogen (secondary N) is 2. The topological polar surface area (TPSA) is 120 Å². The van der Waals surface area contributed by atoms with Gasteiger partial charge in [0.2, 0.25) is 6.79 Å². The molecule has 0 spiro atoms. The summed E-state index contributed by atoms with van der Waals surface area (Å²) in [4.78, 5) is 36.2. The number of H-pyrrole nitrogens is 1. The Hall–Kier alpha value is -3.88. The van der Waals surface area contributed by atoms with Crippen LogP contribution < -0.4 is 14.8 Å². The molecule has 1 aromatic heterocycles. The Bertz CT molecular complexity index is 1100. The van der Waals surface area contributed by atoms with Crippen LogP contribution in [0.2, 0.25) is 0 Å². The van der Waals surface area contributed by atoms with E-state index < -0.39 is 18.5 Å². The van der Waals surface area contributed by atoms with E-state index in [9.17, 15) is 14.4 Å². The summed E-state index contributed by atoms with van der Waals surface area (Å²) in [7, 11) is 0. The maximum absolute atomic E-state index is 12.2. The monoisotopic (exact) mass is 381 g/mol. The van der Waals surface area contributed by atoms with Crippen LogP contribution in [0.3, 0.4) is 0 Å². The number of carbonyl (C=O) groups is 3. The summed E-state index contributed by atoms with van der Waals surface area (Å²) in [6, 6.07) is 7.91. The number of benzene rings is 2. The van der Waals surface area contributed by atoms with Gasteiger partial charge >= 0.3 is 5.97 Å². The van der Waals surface area contributed by atoms with Gasteiger partial charge in [0.1, 0.15) is 0 Å². The minimum absolute atomic E-state index is 0.0440. The van der Waals surface area contributed by atoms with Crippen molar-refractivity contribution < 1.29 is 28.6 Å². The first-order valence-corrected chi connectivity index (χ1v) is 8.36. The number of rotatable bonds is 5. The number of carbonyl (C=O) groups excluding carboxylic acids is 3. The van der Waals surface area contributed by atoms with E-state index in [1.54, 1.807) is 24.4 Å². The molecule has 2 aromatic carbocycles. The zero-order valence-corrected chi connectivity index (χ0v) is 14.8. The van der Waals surface area contributed by atoms with Crippen molar-refractivity contribution in [3.8, 4) is 11.5 Å². The molecule has 0 unspecified atom stereocenters. The number of hydrogen-bond donors (Lipinski definition) is 2. The number of nitrogens with zero attached hydrogens (tertiary/aromatic N) is 1. The number of anilines is 1. The summed E-state index contributed by atoms with van der Waals surface area (Å²) < 4.78 is 15.6. The standard InChI is InChI=1S/C19H15N3O6/c1-10(23)13-5-16-17(28-9-27-16)6-15(13)21-18(24)8-26-19(25)11-2-3-12-7-20-22-14(12)4-11/h2-7H,8-9H2,1H3,(H,20,22)(H,21,24). The van der Waals surface area contributed by atoms with E-state index >= 15 is 0 Å². The maximum Gasteiger partial charge on any atom is 0.338 e. The molecule has 0 bridgehead atoms. The molecule has 28 heavy (non-hydrogen) atoms. The van der Waals surface area contributed by atoms with E-state index in [0.29, 0.717) is 17.0 Å². The smallest absolute Gasteiger partial charge is 0.338 e. The van der Waals surface area contributed by atoms with Gasteiger partial charge in [0.15, 0.2) is 23.9 Å². The Morgan fingerprint density at radius 2 is 1.96 bits per heavy atom. The number of aromatic amines is 1. The van der Waals surface area contributed by atoms with Crippen LogP contribution in [-0.2, 0) is 9.53 Å². The molecule has 1 aliphatic rings. The SMILES string of the molecule is CC(=O)c1cc2c(cc1NC(=O)COC(=O)c1ccc3cn[nH]c3c1)OCO2. The number of aromatic nitrogens is 2. The van der Waals surface area contributed by atoms with E-state index in [-0.39, 0.29) is 29.4 Å². The number of amides is 1. The molecule has 1 aliphatic heterocycles. The predicted molar refractivity (Wildman–Crippen MR) is 97.6 cm³/mol. The fourth-order valence-electron chi connectivity index (χ4n) is 2.80. The Labute approximate surface area is 158 Å². The lowest BCUT2D eigenvalue weighted by molar-refractivity contribution is -0.119. The predicted octanol–water partition coefficient (Wildman–Crippen LogP) is 2.29. The summed E-state index contributed by atoms with van der Waals surface area (Å²) >= 11 is 0. The summed E-state index contributed by atoms with van der Waals surface area (Å²) in [6.07, 6.45) is 1.63. The van der Waals surface area contributed by atoms with Gasteiger partial charge < -0.3 is 19.5 Å². The molecule has 2 N–H and O–H groups in total. The third-order valence-corrected chi connectivity index (χ3v) is 4.18. The molecule has 0 aliphatic carbocycles. The van der Waals surface area contributed by atoms with Crippen LogP contribution in [0, 0.1) is 0 Å². The van der Waals surface area contributed by atoms with Gasteiger partial charge in [-0.3, -0.25) is 14.7 Å². The fourth-order valence-corrected chi connectivity index (χ4v) is 2.80. The van der Waals surface area contributed by atoms with Gasteiger partial charge in [-0.05, 0) is 25.1 Å². The minimum atomic E-state index is -0.649. The van der Waals surface area contributed by atoms with Gasteiger partial charge in [-0.15, -0.1) is 0 Å². The molecular formula is C19H15N3O6. The Morgan fingerprint density at radius 3 is 2.75 bits per heavy atom. The molecule has 9 heteroatoms. The van der Waals surface area contributed by atoms with Crippen molar-refractivity contribution in [3.63, 3.8) is 0 Å². The van der Waals surface area contributed by atoms with Crippen molar-refractivity contribution in [3.05, 3.63) is 47.7 Å². The van der Waals surface area contributed by atoms with E-state index in [1.165, 1.54) is 19.1 Å². The van der Waals surface area contributed by atoms with E-state index in [0.717, 1.165) is 5.39 Å². The molecule has 3 aromatic rings. The van der Waals surface area contributed by atoms with Crippen LogP contribution in [0.15, 0.2) is 36.5 Å². The Balaban J connectivity index is 1.43. The van der Waals surface area contributed by atoms with E-state index in [1.807, 2.05) is 0 Å². The third-order valence-electron chi connectivity index (χ3n) is 4.18. The number of ketones is 1. The van der Waals surface area contributed by atoms with Crippen molar-refractivity contribution in [1.82, 2.24) is 10.2 Å². The van der Waals surface area contributed by atoms with Crippen molar-refractivity contribution in [1.29, 1.82) is 0 Å². The molecule has 0 saturated heterocycles. The van der Waals surface area contributed by atoms with Crippen LogP contribution in [0.5, 0.6) is 11.5 Å². The zero-order valence-electron chi connectivity index (χ0n) is 14.8. The van der Waals surface area contributed by atoms with E-state index in [2.05, 4.69) is 15.5 Å². The molecule has 0 radical (unpaired) electrons. The highest BCUT2D eigenvalue weighted by Crippen LogP contribution is 2.37. The second-order valence-electron chi connectivity index (χ2n) is 6.10. The third kappa shape index (κ3) is 3.37. The lowest BCUT2D eigenvalue weighted by atomic mass is 10.1. The highest BCUT2D eigenvalue weighted by Gasteiger charge is 2.21. The molecule has 4 rings (SSSR count). The van der Waals surface area contributed by atoms with Crippen LogP contribution >= 0.6 is 0 Å². The van der Waals surface area contributed by atoms with Gasteiger partial charge in [-0.1, -0.05) is 6.07 Å². The highest BCUT2D eigenvalue weighted by molar-refractivity contribution is 6.05. The lowest BCUT2D eigenvalue weighted by Gasteiger charge is -2.11. The minimum Gasteiger partial charge on any atom is -0.454 e. The summed E-state index contributed by atoms with van der Waals surface area (Å²) in [6.45, 7) is 0.910. The van der Waals surface area contributed by atoms with Crippen molar-refractivity contribution in [2.45, 2.75) is 6.92 Å². The van der Waals surface area contributed by atoms with Crippen LogP contribution in [0.25, 0.3) is 10.9 Å². The van der Waals surface area contributed by atoms with Gasteiger partial charge in [-0.2, -0.15) is 5.10 Å². The number of ether oxygens (including phenoxy) is 3. The van der Waals surface area contributed by atoms with Crippen molar-refractivity contribution in [2.75, 3.05) is 18.7 Å². The number of esters is 1. The molecule has 142 valence electrons. The molecule has 0 fully saturated rings. The van der Waals surface area contributed by atoms with Gasteiger partial charge in [0.05, 0.1) is 23.0 Å². The quantitative estimate of drug-likeness (QED) is 0.514. The zero-order chi connectivity index (χ0) is 19.7. The highest BCUT2D eigenvalue weighted by atomic mass is 16.7. The summed E-state index contributed by atoms with van der Waals surface area (Å²) in [5.74, 6) is -0.631. The molecule has 0 atom stereocenters. The second kappa shape index (κ2) is 7.03. The van der Waals surface area contributed by atoms with Crippen molar-refractivity contribution in [2.24, 2.45) is 0 Å². The average Bonchev–Trinajstić information content (AvgIpc) is 3.33. The molecule has 0 saturated carbocycles. The van der Waals surface area contributed by atoms with Gasteiger partial charge in [0, 0.05) is 17.0 Å². The molecule has 9 nitrogen and oxygen atoms in total. The van der Waals surface area contributed by atoms with Crippen LogP contribution in [-0.4, -0.2) is 41.3 Å². The number of hydrogen-bond acceptors (Lipinski definition) is 7. The maximum atomic E-state index is 12.2. The van der Waals surface area contributed by atoms with Gasteiger partial charge in [-0.25, -0.2) is 4.79 Å². The summed E-state index contributed by atoms with van der Waals surface area (Å²) in [5, 5.41) is 10.1. The van der Waals surface area contributed by atoms with E-state index in [4.69, 9.17) is 14.2 Å². The van der Waals surface area contributed by atoms with Crippen molar-refractivity contribution >= 4 is 34.3 Å². The van der Waals surface area contributed by atoms with Crippen LogP contribution in [0.1, 0.15) is 27.6 Å². The first-order valence-electron chi connectivity index (χ1n) is 8.36. The Morgan fingerprint density at radius 1 is 1.18 bits per heavy atom. The number of fused-ring (bicyclic) bond motifs is 2. The Kier molecular flexibility index (Phi) is 4.40. The molecular weight excluding hydrogens is 366 g/mol. The second-order valence-corrected chi connectivity index (χ2v) is 6.10.